The first-order valence-electron chi connectivity index (χ1n) is 7.06. The molecule has 0 aliphatic heterocycles. The van der Waals surface area contributed by atoms with Crippen LogP contribution >= 0.6 is 27.5 Å². The fourth-order valence-electron chi connectivity index (χ4n) is 1.98. The summed E-state index contributed by atoms with van der Waals surface area (Å²) in [6, 6.07) is 13.9. The molecule has 0 saturated heterocycles. The van der Waals surface area contributed by atoms with Crippen molar-refractivity contribution in [1.82, 2.24) is 5.32 Å². The fourth-order valence-corrected chi connectivity index (χ4v) is 2.47. The van der Waals surface area contributed by atoms with Crippen LogP contribution in [0.3, 0.4) is 0 Å². The van der Waals surface area contributed by atoms with E-state index in [0.29, 0.717) is 10.8 Å². The van der Waals surface area contributed by atoms with Crippen molar-refractivity contribution in [3.63, 3.8) is 0 Å². The van der Waals surface area contributed by atoms with Gasteiger partial charge in [-0.05, 0) is 61.9 Å². The van der Waals surface area contributed by atoms with E-state index in [0.717, 1.165) is 28.8 Å². The maximum absolute atomic E-state index is 6.33. The van der Waals surface area contributed by atoms with Crippen LogP contribution in [0.5, 0.6) is 11.5 Å². The van der Waals surface area contributed by atoms with Crippen molar-refractivity contribution in [3.05, 3.63) is 57.5 Å². The molecule has 0 fully saturated rings. The zero-order chi connectivity index (χ0) is 15.2. The fraction of sp³-hybridized carbons (Fsp3) is 0.294. The third-order valence-electron chi connectivity index (χ3n) is 3.20. The summed E-state index contributed by atoms with van der Waals surface area (Å²) in [4.78, 5) is 0. The Bertz CT molecular complexity index is 586. The van der Waals surface area contributed by atoms with Gasteiger partial charge in [0.1, 0.15) is 11.5 Å². The summed E-state index contributed by atoms with van der Waals surface area (Å²) in [5, 5.41) is 4.07. The van der Waals surface area contributed by atoms with Gasteiger partial charge in [-0.3, -0.25) is 0 Å². The smallest absolute Gasteiger partial charge is 0.146 e. The third kappa shape index (κ3) is 4.73. The zero-order valence-electron chi connectivity index (χ0n) is 12.2. The molecule has 0 aromatic heterocycles. The number of benzene rings is 2. The van der Waals surface area contributed by atoms with Gasteiger partial charge in [0.15, 0.2) is 0 Å². The number of nitrogens with one attached hydrogen (secondary N) is 1. The van der Waals surface area contributed by atoms with Gasteiger partial charge in [-0.15, -0.1) is 0 Å². The van der Waals surface area contributed by atoms with Crippen molar-refractivity contribution in [2.24, 2.45) is 0 Å². The van der Waals surface area contributed by atoms with E-state index in [-0.39, 0.29) is 6.04 Å². The second-order valence-electron chi connectivity index (χ2n) is 4.92. The molecule has 0 radical (unpaired) electrons. The summed E-state index contributed by atoms with van der Waals surface area (Å²) in [6.07, 6.45) is 1.11. The molecule has 0 amide bonds. The molecule has 2 rings (SSSR count). The van der Waals surface area contributed by atoms with Crippen LogP contribution in [0.4, 0.5) is 0 Å². The molecule has 0 bridgehead atoms. The predicted octanol–water partition coefficient (Wildman–Crippen LogP) is 5.96. The molecule has 112 valence electrons. The van der Waals surface area contributed by atoms with E-state index in [9.17, 15) is 0 Å². The largest absolute Gasteiger partial charge is 0.456 e. The Hall–Kier alpha value is -1.03. The van der Waals surface area contributed by atoms with Gasteiger partial charge in [0.2, 0.25) is 0 Å². The highest BCUT2D eigenvalue weighted by atomic mass is 79.9. The summed E-state index contributed by atoms with van der Waals surface area (Å²) < 4.78 is 6.83. The van der Waals surface area contributed by atoms with Gasteiger partial charge in [-0.2, -0.15) is 0 Å². The Labute approximate surface area is 139 Å². The third-order valence-corrected chi connectivity index (χ3v) is 4.02. The Morgan fingerprint density at radius 1 is 1.19 bits per heavy atom. The normalized spacial score (nSPS) is 12.2. The molecule has 0 aliphatic carbocycles. The van der Waals surface area contributed by atoms with Gasteiger partial charge in [0.25, 0.3) is 0 Å². The summed E-state index contributed by atoms with van der Waals surface area (Å²) >= 11 is 9.73. The average molecular weight is 369 g/mol. The number of halogens is 2. The zero-order valence-corrected chi connectivity index (χ0v) is 14.5. The van der Waals surface area contributed by atoms with E-state index in [4.69, 9.17) is 16.3 Å². The van der Waals surface area contributed by atoms with Crippen LogP contribution in [-0.2, 0) is 0 Å². The summed E-state index contributed by atoms with van der Waals surface area (Å²) in [5.74, 6) is 1.44. The minimum Gasteiger partial charge on any atom is -0.456 e. The van der Waals surface area contributed by atoms with Gasteiger partial charge in [-0.1, -0.05) is 40.5 Å². The van der Waals surface area contributed by atoms with Crippen LogP contribution in [0.25, 0.3) is 0 Å². The van der Waals surface area contributed by atoms with E-state index in [1.807, 2.05) is 42.5 Å². The molecule has 1 unspecified atom stereocenters. The lowest BCUT2D eigenvalue weighted by Crippen LogP contribution is -2.19. The molecule has 2 nitrogen and oxygen atoms in total. The summed E-state index contributed by atoms with van der Waals surface area (Å²) in [6.45, 7) is 5.29. The standard InChI is InChI=1S/C17H19BrClNO/c1-3-10-20-12(2)13-4-9-17(16(19)11-13)21-15-7-5-14(18)6-8-15/h4-9,11-12,20H,3,10H2,1-2H3. The monoisotopic (exact) mass is 367 g/mol. The van der Waals surface area contributed by atoms with E-state index in [1.54, 1.807) is 0 Å². The highest BCUT2D eigenvalue weighted by Gasteiger charge is 2.09. The molecular formula is C17H19BrClNO. The first-order chi connectivity index (χ1) is 10.1. The van der Waals surface area contributed by atoms with Gasteiger partial charge >= 0.3 is 0 Å². The highest BCUT2D eigenvalue weighted by molar-refractivity contribution is 9.10. The van der Waals surface area contributed by atoms with Crippen LogP contribution in [0.2, 0.25) is 5.02 Å². The first kappa shape index (κ1) is 16.3. The van der Waals surface area contributed by atoms with Gasteiger partial charge in [0, 0.05) is 10.5 Å². The SMILES string of the molecule is CCCNC(C)c1ccc(Oc2ccc(Br)cc2)c(Cl)c1. The van der Waals surface area contributed by atoms with Crippen LogP contribution in [-0.4, -0.2) is 6.54 Å². The summed E-state index contributed by atoms with van der Waals surface area (Å²) in [7, 11) is 0. The van der Waals surface area contributed by atoms with Crippen molar-refractivity contribution in [3.8, 4) is 11.5 Å². The van der Waals surface area contributed by atoms with E-state index < -0.39 is 0 Å². The van der Waals surface area contributed by atoms with Gasteiger partial charge in [-0.25, -0.2) is 0 Å². The minimum atomic E-state index is 0.282. The second-order valence-corrected chi connectivity index (χ2v) is 6.24. The van der Waals surface area contributed by atoms with Crippen LogP contribution in [0.1, 0.15) is 31.9 Å². The molecular weight excluding hydrogens is 350 g/mol. The Morgan fingerprint density at radius 2 is 1.90 bits per heavy atom. The van der Waals surface area contributed by atoms with Crippen LogP contribution < -0.4 is 10.1 Å². The maximum Gasteiger partial charge on any atom is 0.146 e. The quantitative estimate of drug-likeness (QED) is 0.679. The number of rotatable bonds is 6. The topological polar surface area (TPSA) is 21.3 Å². The molecule has 0 saturated carbocycles. The maximum atomic E-state index is 6.33. The Kier molecular flexibility index (Phi) is 6.09. The van der Waals surface area contributed by atoms with Gasteiger partial charge < -0.3 is 10.1 Å². The molecule has 21 heavy (non-hydrogen) atoms. The van der Waals surface area contributed by atoms with Crippen molar-refractivity contribution < 1.29 is 4.74 Å². The molecule has 1 atom stereocenters. The molecule has 0 spiro atoms. The van der Waals surface area contributed by atoms with Crippen molar-refractivity contribution >= 4 is 27.5 Å². The first-order valence-corrected chi connectivity index (χ1v) is 8.23. The predicted molar refractivity (Wildman–Crippen MR) is 92.4 cm³/mol. The lowest BCUT2D eigenvalue weighted by Gasteiger charge is -2.15. The van der Waals surface area contributed by atoms with E-state index >= 15 is 0 Å². The van der Waals surface area contributed by atoms with Crippen molar-refractivity contribution in [1.29, 1.82) is 0 Å². The Morgan fingerprint density at radius 3 is 2.52 bits per heavy atom. The van der Waals surface area contributed by atoms with Crippen LogP contribution in [0.15, 0.2) is 46.9 Å². The summed E-state index contributed by atoms with van der Waals surface area (Å²) in [5.41, 5.74) is 1.16. The molecule has 2 aromatic rings. The molecule has 0 aliphatic rings. The highest BCUT2D eigenvalue weighted by Crippen LogP contribution is 2.32. The molecule has 4 heteroatoms. The molecule has 1 N–H and O–H groups in total. The van der Waals surface area contributed by atoms with Gasteiger partial charge in [0.05, 0.1) is 5.02 Å². The second kappa shape index (κ2) is 7.83. The average Bonchev–Trinajstić information content (AvgIpc) is 2.49. The van der Waals surface area contributed by atoms with E-state index in [2.05, 4.69) is 35.1 Å². The molecule has 0 heterocycles. The number of ether oxygens (including phenoxy) is 1. The number of hydrogen-bond acceptors (Lipinski definition) is 2. The molecule has 2 aromatic carbocycles. The van der Waals surface area contributed by atoms with Crippen molar-refractivity contribution in [2.45, 2.75) is 26.3 Å². The number of hydrogen-bond donors (Lipinski definition) is 1. The minimum absolute atomic E-state index is 0.282. The Balaban J connectivity index is 2.10. The van der Waals surface area contributed by atoms with E-state index in [1.165, 1.54) is 0 Å². The van der Waals surface area contributed by atoms with Crippen LogP contribution in [0, 0.1) is 0 Å². The lowest BCUT2D eigenvalue weighted by atomic mass is 10.1. The van der Waals surface area contributed by atoms with Crippen molar-refractivity contribution in [2.75, 3.05) is 6.54 Å². The lowest BCUT2D eigenvalue weighted by molar-refractivity contribution is 0.482.